The van der Waals surface area contributed by atoms with Crippen LogP contribution in [0, 0.1) is 0 Å². The minimum absolute atomic E-state index is 0.568. The molecule has 0 saturated heterocycles. The van der Waals surface area contributed by atoms with Gasteiger partial charge < -0.3 is 13.3 Å². The lowest BCUT2D eigenvalue weighted by atomic mass is 10.0. The maximum atomic E-state index is 6.52. The van der Waals surface area contributed by atoms with Gasteiger partial charge in [0.15, 0.2) is 17.5 Å². The zero-order valence-electron chi connectivity index (χ0n) is 27.0. The molecule has 6 heteroatoms. The van der Waals surface area contributed by atoms with Crippen LogP contribution in [0.5, 0.6) is 0 Å². The molecule has 0 bridgehead atoms. The summed E-state index contributed by atoms with van der Waals surface area (Å²) in [5, 5.41) is 6.39. The number of fused-ring (bicyclic) bond motifs is 9. The van der Waals surface area contributed by atoms with E-state index >= 15 is 0 Å². The van der Waals surface area contributed by atoms with Crippen LogP contribution in [0.4, 0.5) is 0 Å². The summed E-state index contributed by atoms with van der Waals surface area (Å²) in [6.07, 6.45) is 0. The van der Waals surface area contributed by atoms with Gasteiger partial charge in [0.2, 0.25) is 0 Å². The molecule has 0 amide bonds. The third-order valence-corrected chi connectivity index (χ3v) is 9.75. The van der Waals surface area contributed by atoms with Crippen molar-refractivity contribution in [3.63, 3.8) is 0 Å². The van der Waals surface area contributed by atoms with Crippen LogP contribution >= 0.6 is 0 Å². The van der Waals surface area contributed by atoms with Gasteiger partial charge in [-0.1, -0.05) is 84.9 Å². The highest BCUT2D eigenvalue weighted by Crippen LogP contribution is 2.37. The Labute approximate surface area is 290 Å². The smallest absolute Gasteiger partial charge is 0.164 e. The summed E-state index contributed by atoms with van der Waals surface area (Å²) in [5.41, 5.74) is 9.77. The van der Waals surface area contributed by atoms with Crippen molar-refractivity contribution in [3.05, 3.63) is 152 Å². The van der Waals surface area contributed by atoms with E-state index in [1.165, 1.54) is 0 Å². The van der Waals surface area contributed by atoms with Crippen molar-refractivity contribution in [3.8, 4) is 45.3 Å². The number of hydrogen-bond acceptors (Lipinski definition) is 6. The molecular weight excluding hydrogens is 631 g/mol. The topological polar surface area (TPSA) is 78.1 Å². The monoisotopic (exact) mass is 655 g/mol. The highest BCUT2D eigenvalue weighted by Gasteiger charge is 2.17. The number of benzene rings is 7. The number of para-hydroxylation sites is 2. The van der Waals surface area contributed by atoms with E-state index < -0.39 is 0 Å². The second-order valence-electron chi connectivity index (χ2n) is 12.8. The number of hydrogen-bond donors (Lipinski definition) is 0. The second-order valence-corrected chi connectivity index (χ2v) is 12.8. The maximum absolute atomic E-state index is 6.52. The number of aromatic nitrogens is 3. The molecule has 4 heterocycles. The summed E-state index contributed by atoms with van der Waals surface area (Å²) >= 11 is 0. The van der Waals surface area contributed by atoms with Gasteiger partial charge in [-0.15, -0.1) is 0 Å². The third kappa shape index (κ3) is 4.47. The van der Waals surface area contributed by atoms with E-state index in [1.807, 2.05) is 84.9 Å². The lowest BCUT2D eigenvalue weighted by Crippen LogP contribution is -2.00. The fourth-order valence-corrected chi connectivity index (χ4v) is 7.22. The van der Waals surface area contributed by atoms with Crippen LogP contribution in [0.3, 0.4) is 0 Å². The average molecular weight is 656 g/mol. The fourth-order valence-electron chi connectivity index (χ4n) is 7.22. The second kappa shape index (κ2) is 10.7. The predicted octanol–water partition coefficient (Wildman–Crippen LogP) is 12.2. The molecule has 11 rings (SSSR count). The van der Waals surface area contributed by atoms with Crippen molar-refractivity contribution in [1.82, 2.24) is 15.0 Å². The Morgan fingerprint density at radius 3 is 1.27 bits per heavy atom. The van der Waals surface area contributed by atoms with E-state index in [9.17, 15) is 0 Å². The van der Waals surface area contributed by atoms with Gasteiger partial charge in [-0.3, -0.25) is 0 Å². The predicted molar refractivity (Wildman–Crippen MR) is 203 cm³/mol. The van der Waals surface area contributed by atoms with Crippen LogP contribution in [0.15, 0.2) is 165 Å². The van der Waals surface area contributed by atoms with Gasteiger partial charge in [-0.25, -0.2) is 15.0 Å². The van der Waals surface area contributed by atoms with E-state index in [2.05, 4.69) is 66.7 Å². The minimum Gasteiger partial charge on any atom is -0.456 e. The van der Waals surface area contributed by atoms with Gasteiger partial charge in [0.1, 0.15) is 33.5 Å². The molecule has 0 radical (unpaired) electrons. The van der Waals surface area contributed by atoms with Crippen LogP contribution in [0.2, 0.25) is 0 Å². The average Bonchev–Trinajstić information content (AvgIpc) is 3.88. The van der Waals surface area contributed by atoms with E-state index in [0.29, 0.717) is 17.5 Å². The Bertz CT molecular complexity index is 3150. The van der Waals surface area contributed by atoms with Crippen molar-refractivity contribution in [2.24, 2.45) is 0 Å². The summed E-state index contributed by atoms with van der Waals surface area (Å²) in [6.45, 7) is 0. The van der Waals surface area contributed by atoms with E-state index in [4.69, 9.17) is 28.2 Å². The first kappa shape index (κ1) is 27.9. The van der Waals surface area contributed by atoms with E-state index in [1.54, 1.807) is 0 Å². The molecule has 0 aliphatic rings. The van der Waals surface area contributed by atoms with Crippen molar-refractivity contribution >= 4 is 65.8 Å². The highest BCUT2D eigenvalue weighted by atomic mass is 16.3. The zero-order chi connectivity index (χ0) is 33.5. The summed E-state index contributed by atoms with van der Waals surface area (Å²) < 4.78 is 18.8. The van der Waals surface area contributed by atoms with Crippen LogP contribution in [-0.4, -0.2) is 15.0 Å². The standard InChI is InChI=1S/C45H25N3O3/c1-2-8-26(9-3-1)43-46-44(29-17-21-39-36(22-29)32-11-5-7-13-38(32)49-39)48-45(47-43)30-16-20-35-34-19-15-28(24-41(34)51-42(35)25-30)27-14-18-33-31-10-4-6-12-37(31)50-40(33)23-27/h1-25H. The molecule has 0 fully saturated rings. The summed E-state index contributed by atoms with van der Waals surface area (Å²) in [7, 11) is 0. The summed E-state index contributed by atoms with van der Waals surface area (Å²) in [6, 6.07) is 51.2. The van der Waals surface area contributed by atoms with Crippen molar-refractivity contribution in [2.45, 2.75) is 0 Å². The zero-order valence-corrected chi connectivity index (χ0v) is 27.0. The summed E-state index contributed by atoms with van der Waals surface area (Å²) in [4.78, 5) is 14.9. The quantitative estimate of drug-likeness (QED) is 0.188. The van der Waals surface area contributed by atoms with Crippen LogP contribution < -0.4 is 0 Å². The third-order valence-electron chi connectivity index (χ3n) is 9.75. The molecule has 7 aromatic carbocycles. The van der Waals surface area contributed by atoms with E-state index in [0.717, 1.165) is 93.6 Å². The summed E-state index contributed by atoms with van der Waals surface area (Å²) in [5.74, 6) is 1.75. The van der Waals surface area contributed by atoms with Gasteiger partial charge in [0.25, 0.3) is 0 Å². The highest BCUT2D eigenvalue weighted by molar-refractivity contribution is 6.09. The molecule has 0 aliphatic carbocycles. The largest absolute Gasteiger partial charge is 0.456 e. The molecule has 4 aromatic heterocycles. The first-order valence-electron chi connectivity index (χ1n) is 16.8. The number of nitrogens with zero attached hydrogens (tertiary/aromatic N) is 3. The minimum atomic E-state index is 0.568. The van der Waals surface area contributed by atoms with Gasteiger partial charge in [0.05, 0.1) is 0 Å². The maximum Gasteiger partial charge on any atom is 0.164 e. The SMILES string of the molecule is c1ccc(-c2nc(-c3ccc4c(c3)oc3cc(-c5ccc6c(c5)oc5ccccc56)ccc34)nc(-c3ccc4oc5ccccc5c4c3)n2)cc1. The van der Waals surface area contributed by atoms with Gasteiger partial charge in [-0.2, -0.15) is 0 Å². The van der Waals surface area contributed by atoms with Crippen LogP contribution in [0.25, 0.3) is 111 Å². The lowest BCUT2D eigenvalue weighted by Gasteiger charge is -2.08. The Kier molecular flexibility index (Phi) is 5.86. The molecule has 11 aromatic rings. The van der Waals surface area contributed by atoms with Crippen LogP contribution in [0.1, 0.15) is 0 Å². The molecule has 0 N–H and O–H groups in total. The molecular formula is C45H25N3O3. The van der Waals surface area contributed by atoms with Gasteiger partial charge in [-0.05, 0) is 77.9 Å². The molecule has 0 aliphatic heterocycles. The van der Waals surface area contributed by atoms with Crippen molar-refractivity contribution < 1.29 is 13.3 Å². The first-order chi connectivity index (χ1) is 25.2. The lowest BCUT2D eigenvalue weighted by molar-refractivity contribution is 0.668. The molecule has 0 unspecified atom stereocenters. The Hall–Kier alpha value is -7.05. The molecule has 51 heavy (non-hydrogen) atoms. The number of furan rings is 3. The Morgan fingerprint density at radius 1 is 0.255 bits per heavy atom. The molecule has 0 saturated carbocycles. The Morgan fingerprint density at radius 2 is 0.647 bits per heavy atom. The molecule has 6 nitrogen and oxygen atoms in total. The normalized spacial score (nSPS) is 11.9. The van der Waals surface area contributed by atoms with Crippen molar-refractivity contribution in [2.75, 3.05) is 0 Å². The molecule has 0 atom stereocenters. The molecule has 238 valence electrons. The Balaban J connectivity index is 1.02. The fraction of sp³-hybridized carbons (Fsp3) is 0. The van der Waals surface area contributed by atoms with Crippen molar-refractivity contribution in [1.29, 1.82) is 0 Å². The first-order valence-corrected chi connectivity index (χ1v) is 16.8. The van der Waals surface area contributed by atoms with Gasteiger partial charge >= 0.3 is 0 Å². The van der Waals surface area contributed by atoms with Gasteiger partial charge in [0, 0.05) is 49.0 Å². The molecule has 0 spiro atoms. The van der Waals surface area contributed by atoms with E-state index in [-0.39, 0.29) is 0 Å². The number of rotatable bonds is 4. The van der Waals surface area contributed by atoms with Crippen LogP contribution in [-0.2, 0) is 0 Å².